The van der Waals surface area contributed by atoms with Crippen LogP contribution in [-0.4, -0.2) is 20.8 Å². The lowest BCUT2D eigenvalue weighted by Gasteiger charge is -2.08. The van der Waals surface area contributed by atoms with Gasteiger partial charge in [0.1, 0.15) is 5.75 Å². The first-order valence-electron chi connectivity index (χ1n) is 6.98. The van der Waals surface area contributed by atoms with E-state index in [1.807, 2.05) is 36.5 Å². The second-order valence-electron chi connectivity index (χ2n) is 5.02. The fourth-order valence-corrected chi connectivity index (χ4v) is 2.36. The van der Waals surface area contributed by atoms with Gasteiger partial charge in [-0.05, 0) is 42.0 Å². The van der Waals surface area contributed by atoms with Crippen LogP contribution in [-0.2, 0) is 6.54 Å². The Bertz CT molecular complexity index is 832. The standard InChI is InChI=1S/C17H14ClN3O2/c18-15-10-13(5-6-16(15)22)17(23)20-14-4-1-3-12(9-14)11-21-8-2-7-19-21/h1-10,22H,11H2,(H,20,23). The quantitative estimate of drug-likeness (QED) is 0.770. The Kier molecular flexibility index (Phi) is 4.30. The smallest absolute Gasteiger partial charge is 0.255 e. The molecule has 3 rings (SSSR count). The molecule has 23 heavy (non-hydrogen) atoms. The molecule has 2 aromatic carbocycles. The maximum Gasteiger partial charge on any atom is 0.255 e. The highest BCUT2D eigenvalue weighted by Crippen LogP contribution is 2.24. The molecule has 0 aliphatic carbocycles. The highest BCUT2D eigenvalue weighted by molar-refractivity contribution is 6.32. The number of aromatic nitrogens is 2. The zero-order chi connectivity index (χ0) is 16.2. The highest BCUT2D eigenvalue weighted by Gasteiger charge is 2.09. The van der Waals surface area contributed by atoms with Gasteiger partial charge in [0.25, 0.3) is 5.91 Å². The van der Waals surface area contributed by atoms with Gasteiger partial charge >= 0.3 is 0 Å². The minimum Gasteiger partial charge on any atom is -0.506 e. The van der Waals surface area contributed by atoms with Crippen LogP contribution in [0, 0.1) is 0 Å². The van der Waals surface area contributed by atoms with E-state index in [-0.39, 0.29) is 16.7 Å². The Morgan fingerprint density at radius 2 is 2.09 bits per heavy atom. The van der Waals surface area contributed by atoms with Gasteiger partial charge in [0.05, 0.1) is 11.6 Å². The first-order valence-corrected chi connectivity index (χ1v) is 7.36. The van der Waals surface area contributed by atoms with Crippen LogP contribution in [0.15, 0.2) is 60.9 Å². The number of aromatic hydroxyl groups is 1. The van der Waals surface area contributed by atoms with Crippen molar-refractivity contribution in [1.82, 2.24) is 9.78 Å². The van der Waals surface area contributed by atoms with Crippen molar-refractivity contribution in [1.29, 1.82) is 0 Å². The summed E-state index contributed by atoms with van der Waals surface area (Å²) in [5.41, 5.74) is 2.09. The lowest BCUT2D eigenvalue weighted by atomic mass is 10.1. The molecule has 0 saturated heterocycles. The van der Waals surface area contributed by atoms with E-state index < -0.39 is 0 Å². The Hall–Kier alpha value is -2.79. The van der Waals surface area contributed by atoms with E-state index in [0.29, 0.717) is 17.8 Å². The molecular formula is C17H14ClN3O2. The fourth-order valence-electron chi connectivity index (χ4n) is 2.18. The van der Waals surface area contributed by atoms with Crippen LogP contribution in [0.1, 0.15) is 15.9 Å². The predicted octanol–water partition coefficient (Wildman–Crippen LogP) is 3.54. The first-order chi connectivity index (χ1) is 11.1. The molecular weight excluding hydrogens is 314 g/mol. The van der Waals surface area contributed by atoms with E-state index in [0.717, 1.165) is 5.56 Å². The Morgan fingerprint density at radius 1 is 1.22 bits per heavy atom. The van der Waals surface area contributed by atoms with E-state index >= 15 is 0 Å². The molecule has 1 heterocycles. The minimum absolute atomic E-state index is 0.0514. The number of nitrogens with one attached hydrogen (secondary N) is 1. The Labute approximate surface area is 138 Å². The second kappa shape index (κ2) is 6.54. The summed E-state index contributed by atoms with van der Waals surface area (Å²) in [5, 5.41) is 16.5. The van der Waals surface area contributed by atoms with Crippen molar-refractivity contribution in [3.8, 4) is 5.75 Å². The van der Waals surface area contributed by atoms with Crippen LogP contribution in [0.2, 0.25) is 5.02 Å². The van der Waals surface area contributed by atoms with Crippen molar-refractivity contribution in [2.24, 2.45) is 0 Å². The summed E-state index contributed by atoms with van der Waals surface area (Å²) in [4.78, 5) is 12.2. The highest BCUT2D eigenvalue weighted by atomic mass is 35.5. The number of carbonyl (C=O) groups excluding carboxylic acids is 1. The summed E-state index contributed by atoms with van der Waals surface area (Å²) in [7, 11) is 0. The number of phenols is 1. The molecule has 2 N–H and O–H groups in total. The van der Waals surface area contributed by atoms with Gasteiger partial charge in [-0.1, -0.05) is 23.7 Å². The monoisotopic (exact) mass is 327 g/mol. The third-order valence-corrected chi connectivity index (χ3v) is 3.60. The van der Waals surface area contributed by atoms with Crippen molar-refractivity contribution in [3.05, 3.63) is 77.1 Å². The molecule has 0 bridgehead atoms. The van der Waals surface area contributed by atoms with Gasteiger partial charge in [0.15, 0.2) is 0 Å². The number of benzene rings is 2. The van der Waals surface area contributed by atoms with Crippen LogP contribution in [0.4, 0.5) is 5.69 Å². The van der Waals surface area contributed by atoms with Gasteiger partial charge in [-0.15, -0.1) is 0 Å². The van der Waals surface area contributed by atoms with Gasteiger partial charge in [-0.3, -0.25) is 9.48 Å². The summed E-state index contributed by atoms with van der Waals surface area (Å²) in [6.45, 7) is 0.627. The van der Waals surface area contributed by atoms with Crippen LogP contribution in [0.25, 0.3) is 0 Å². The SMILES string of the molecule is O=C(Nc1cccc(Cn2cccn2)c1)c1ccc(O)c(Cl)c1. The number of amides is 1. The summed E-state index contributed by atoms with van der Waals surface area (Å²) >= 11 is 5.83. The molecule has 0 saturated carbocycles. The van der Waals surface area contributed by atoms with E-state index in [1.165, 1.54) is 18.2 Å². The summed E-state index contributed by atoms with van der Waals surface area (Å²) in [6.07, 6.45) is 3.60. The zero-order valence-electron chi connectivity index (χ0n) is 12.1. The molecule has 0 fully saturated rings. The molecule has 116 valence electrons. The maximum atomic E-state index is 12.2. The van der Waals surface area contributed by atoms with Crippen LogP contribution in [0.3, 0.4) is 0 Å². The molecule has 5 nitrogen and oxygen atoms in total. The summed E-state index contributed by atoms with van der Waals surface area (Å²) in [5.74, 6) is -0.340. The van der Waals surface area contributed by atoms with Crippen LogP contribution >= 0.6 is 11.6 Å². The minimum atomic E-state index is -0.289. The zero-order valence-corrected chi connectivity index (χ0v) is 12.9. The molecule has 3 aromatic rings. The topological polar surface area (TPSA) is 67.2 Å². The average molecular weight is 328 g/mol. The molecule has 0 aliphatic heterocycles. The molecule has 0 spiro atoms. The van der Waals surface area contributed by atoms with E-state index in [1.54, 1.807) is 10.9 Å². The van der Waals surface area contributed by atoms with Gasteiger partial charge < -0.3 is 10.4 Å². The van der Waals surface area contributed by atoms with Crippen LogP contribution in [0.5, 0.6) is 5.75 Å². The first kappa shape index (κ1) is 15.1. The molecule has 1 amide bonds. The largest absolute Gasteiger partial charge is 0.506 e. The lowest BCUT2D eigenvalue weighted by Crippen LogP contribution is -2.12. The molecule has 0 unspecified atom stereocenters. The van der Waals surface area contributed by atoms with Crippen molar-refractivity contribution in [2.75, 3.05) is 5.32 Å². The van der Waals surface area contributed by atoms with Gasteiger partial charge in [0, 0.05) is 23.6 Å². The van der Waals surface area contributed by atoms with Crippen molar-refractivity contribution in [2.45, 2.75) is 6.54 Å². The number of carbonyl (C=O) groups is 1. The number of phenolic OH excluding ortho intramolecular Hbond substituents is 1. The Morgan fingerprint density at radius 3 is 2.83 bits per heavy atom. The van der Waals surface area contributed by atoms with Crippen molar-refractivity contribution < 1.29 is 9.90 Å². The molecule has 0 radical (unpaired) electrons. The van der Waals surface area contributed by atoms with Gasteiger partial charge in [-0.2, -0.15) is 5.10 Å². The summed E-state index contributed by atoms with van der Waals surface area (Å²) < 4.78 is 1.81. The molecule has 1 aromatic heterocycles. The third kappa shape index (κ3) is 3.70. The third-order valence-electron chi connectivity index (χ3n) is 3.30. The van der Waals surface area contributed by atoms with E-state index in [2.05, 4.69) is 10.4 Å². The normalized spacial score (nSPS) is 10.5. The number of hydrogen-bond donors (Lipinski definition) is 2. The summed E-state index contributed by atoms with van der Waals surface area (Å²) in [6, 6.07) is 13.7. The second-order valence-corrected chi connectivity index (χ2v) is 5.43. The van der Waals surface area contributed by atoms with Gasteiger partial charge in [0.2, 0.25) is 0 Å². The molecule has 0 aliphatic rings. The maximum absolute atomic E-state index is 12.2. The Balaban J connectivity index is 1.74. The molecule has 0 atom stereocenters. The molecule has 6 heteroatoms. The predicted molar refractivity (Wildman–Crippen MR) is 88.8 cm³/mol. The van der Waals surface area contributed by atoms with E-state index in [9.17, 15) is 9.90 Å². The number of anilines is 1. The van der Waals surface area contributed by atoms with Crippen LogP contribution < -0.4 is 5.32 Å². The fraction of sp³-hybridized carbons (Fsp3) is 0.0588. The van der Waals surface area contributed by atoms with Crippen molar-refractivity contribution in [3.63, 3.8) is 0 Å². The number of halogens is 1. The lowest BCUT2D eigenvalue weighted by molar-refractivity contribution is 0.102. The van der Waals surface area contributed by atoms with Crippen molar-refractivity contribution >= 4 is 23.2 Å². The number of rotatable bonds is 4. The van der Waals surface area contributed by atoms with Gasteiger partial charge in [-0.25, -0.2) is 0 Å². The van der Waals surface area contributed by atoms with E-state index in [4.69, 9.17) is 11.6 Å². The number of hydrogen-bond acceptors (Lipinski definition) is 3. The number of nitrogens with zero attached hydrogens (tertiary/aromatic N) is 2. The average Bonchev–Trinajstić information content (AvgIpc) is 3.03.